The fourth-order valence-corrected chi connectivity index (χ4v) is 4.55. The number of aryl methyl sites for hydroxylation is 1. The van der Waals surface area contributed by atoms with Gasteiger partial charge in [-0.15, -0.1) is 5.10 Å². The highest BCUT2D eigenvalue weighted by Crippen LogP contribution is 2.19. The Kier molecular flexibility index (Phi) is 6.87. The SMILES string of the molecule is COc1ccc(Cn2nnnc2CN(Cc2cc3cc(C)ccc3[nH]c2=O)C[C@H]2CCCO2)cc1. The average Bonchev–Trinajstić information content (AvgIpc) is 3.52. The highest BCUT2D eigenvalue weighted by atomic mass is 16.5. The molecule has 4 aromatic rings. The zero-order valence-corrected chi connectivity index (χ0v) is 20.1. The molecular formula is C26H30N6O3. The Labute approximate surface area is 203 Å². The van der Waals surface area contributed by atoms with Gasteiger partial charge in [-0.25, -0.2) is 4.68 Å². The molecular weight excluding hydrogens is 444 g/mol. The Morgan fingerprint density at radius 2 is 2.03 bits per heavy atom. The minimum absolute atomic E-state index is 0.0727. The Bertz CT molecular complexity index is 1340. The molecule has 0 unspecified atom stereocenters. The molecule has 1 atom stereocenters. The van der Waals surface area contributed by atoms with Gasteiger partial charge in [-0.2, -0.15) is 0 Å². The summed E-state index contributed by atoms with van der Waals surface area (Å²) in [6, 6.07) is 15.9. The Hall–Kier alpha value is -3.56. The Morgan fingerprint density at radius 3 is 2.80 bits per heavy atom. The van der Waals surface area contributed by atoms with E-state index in [0.29, 0.717) is 26.2 Å². The fourth-order valence-electron chi connectivity index (χ4n) is 4.55. The summed E-state index contributed by atoms with van der Waals surface area (Å²) in [7, 11) is 1.65. The van der Waals surface area contributed by atoms with Crippen LogP contribution in [0.15, 0.2) is 53.3 Å². The topological polar surface area (TPSA) is 98.2 Å². The number of methoxy groups -OCH3 is 1. The number of hydrogen-bond donors (Lipinski definition) is 1. The van der Waals surface area contributed by atoms with Crippen molar-refractivity contribution in [3.05, 3.63) is 81.4 Å². The van der Waals surface area contributed by atoms with E-state index in [1.807, 2.05) is 42.5 Å². The van der Waals surface area contributed by atoms with E-state index in [1.54, 1.807) is 11.8 Å². The van der Waals surface area contributed by atoms with Crippen molar-refractivity contribution in [1.82, 2.24) is 30.1 Å². The van der Waals surface area contributed by atoms with Gasteiger partial charge in [0.25, 0.3) is 5.56 Å². The van der Waals surface area contributed by atoms with Gasteiger partial charge in [-0.3, -0.25) is 9.69 Å². The lowest BCUT2D eigenvalue weighted by atomic mass is 10.1. The summed E-state index contributed by atoms with van der Waals surface area (Å²) in [5.41, 5.74) is 3.72. The van der Waals surface area contributed by atoms with Crippen LogP contribution >= 0.6 is 0 Å². The molecule has 2 aromatic carbocycles. The van der Waals surface area contributed by atoms with E-state index in [0.717, 1.165) is 58.6 Å². The Morgan fingerprint density at radius 1 is 1.17 bits per heavy atom. The molecule has 1 aliphatic heterocycles. The van der Waals surface area contributed by atoms with Crippen molar-refractivity contribution < 1.29 is 9.47 Å². The molecule has 2 aromatic heterocycles. The number of benzene rings is 2. The van der Waals surface area contributed by atoms with E-state index in [2.05, 4.69) is 38.4 Å². The standard InChI is InChI=1S/C26H30N6O3/c1-18-5-10-24-20(12-18)13-21(26(33)27-24)15-31(16-23-4-3-11-35-23)17-25-28-29-30-32(25)14-19-6-8-22(34-2)9-7-19/h5-10,12-13,23H,3-4,11,14-17H2,1-2H3,(H,27,33)/t23-/m1/s1. The van der Waals surface area contributed by atoms with Crippen molar-refractivity contribution in [2.24, 2.45) is 0 Å². The lowest BCUT2D eigenvalue weighted by molar-refractivity contribution is 0.0663. The maximum Gasteiger partial charge on any atom is 0.252 e. The van der Waals surface area contributed by atoms with Crippen molar-refractivity contribution in [2.75, 3.05) is 20.3 Å². The van der Waals surface area contributed by atoms with Crippen LogP contribution in [-0.2, 0) is 24.4 Å². The van der Waals surface area contributed by atoms with Crippen LogP contribution in [0.2, 0.25) is 0 Å². The van der Waals surface area contributed by atoms with Crippen LogP contribution in [0.1, 0.15) is 35.4 Å². The predicted octanol–water partition coefficient (Wildman–Crippen LogP) is 3.06. The van der Waals surface area contributed by atoms with E-state index in [9.17, 15) is 4.79 Å². The smallest absolute Gasteiger partial charge is 0.252 e. The van der Waals surface area contributed by atoms with E-state index in [1.165, 1.54) is 0 Å². The Balaban J connectivity index is 1.38. The number of rotatable bonds is 9. The van der Waals surface area contributed by atoms with Crippen molar-refractivity contribution in [3.8, 4) is 5.75 Å². The molecule has 3 heterocycles. The molecule has 0 saturated carbocycles. The zero-order valence-electron chi connectivity index (χ0n) is 20.1. The van der Waals surface area contributed by atoms with Crippen molar-refractivity contribution >= 4 is 10.9 Å². The first-order chi connectivity index (χ1) is 17.1. The number of aromatic nitrogens is 5. The molecule has 35 heavy (non-hydrogen) atoms. The van der Waals surface area contributed by atoms with Gasteiger partial charge in [-0.05, 0) is 71.5 Å². The third-order valence-corrected chi connectivity index (χ3v) is 6.42. The van der Waals surface area contributed by atoms with Gasteiger partial charge in [0.1, 0.15) is 5.75 Å². The van der Waals surface area contributed by atoms with Gasteiger partial charge in [-0.1, -0.05) is 23.8 Å². The number of H-pyrrole nitrogens is 1. The molecule has 9 nitrogen and oxygen atoms in total. The molecule has 1 N–H and O–H groups in total. The van der Waals surface area contributed by atoms with Crippen LogP contribution in [0.4, 0.5) is 0 Å². The first kappa shape index (κ1) is 23.2. The molecule has 0 amide bonds. The molecule has 1 aliphatic rings. The van der Waals surface area contributed by atoms with Gasteiger partial charge in [0.2, 0.25) is 0 Å². The van der Waals surface area contributed by atoms with Gasteiger partial charge < -0.3 is 14.5 Å². The summed E-state index contributed by atoms with van der Waals surface area (Å²) >= 11 is 0. The van der Waals surface area contributed by atoms with E-state index in [-0.39, 0.29) is 11.7 Å². The highest BCUT2D eigenvalue weighted by molar-refractivity contribution is 5.79. The maximum atomic E-state index is 12.9. The molecule has 5 rings (SSSR count). The monoisotopic (exact) mass is 474 g/mol. The van der Waals surface area contributed by atoms with Crippen molar-refractivity contribution in [1.29, 1.82) is 0 Å². The second kappa shape index (κ2) is 10.4. The molecule has 1 fully saturated rings. The lowest BCUT2D eigenvalue weighted by Gasteiger charge is -2.24. The number of fused-ring (bicyclic) bond motifs is 1. The molecule has 1 saturated heterocycles. The number of nitrogens with one attached hydrogen (secondary N) is 1. The molecule has 0 bridgehead atoms. The van der Waals surface area contributed by atoms with E-state index >= 15 is 0 Å². The number of aromatic amines is 1. The maximum absolute atomic E-state index is 12.9. The number of pyridine rings is 1. The van der Waals surface area contributed by atoms with Crippen LogP contribution in [0, 0.1) is 6.92 Å². The minimum Gasteiger partial charge on any atom is -0.497 e. The van der Waals surface area contributed by atoms with Gasteiger partial charge >= 0.3 is 0 Å². The normalized spacial score (nSPS) is 15.8. The van der Waals surface area contributed by atoms with Crippen LogP contribution in [0.25, 0.3) is 10.9 Å². The second-order valence-corrected chi connectivity index (χ2v) is 9.12. The van der Waals surface area contributed by atoms with Gasteiger partial charge in [0.15, 0.2) is 5.82 Å². The number of hydrogen-bond acceptors (Lipinski definition) is 7. The molecule has 9 heteroatoms. The van der Waals surface area contributed by atoms with Crippen molar-refractivity contribution in [3.63, 3.8) is 0 Å². The minimum atomic E-state index is -0.0727. The number of tetrazole rings is 1. The molecule has 0 radical (unpaired) electrons. The van der Waals surface area contributed by atoms with Crippen LogP contribution in [0.3, 0.4) is 0 Å². The summed E-state index contributed by atoms with van der Waals surface area (Å²) in [4.78, 5) is 18.1. The van der Waals surface area contributed by atoms with Gasteiger partial charge in [0, 0.05) is 30.8 Å². The summed E-state index contributed by atoms with van der Waals surface area (Å²) in [6.45, 7) is 5.08. The summed E-state index contributed by atoms with van der Waals surface area (Å²) < 4.78 is 13.0. The molecule has 182 valence electrons. The quantitative estimate of drug-likeness (QED) is 0.398. The third kappa shape index (κ3) is 5.58. The molecule has 0 spiro atoms. The molecule has 0 aliphatic carbocycles. The van der Waals surface area contributed by atoms with E-state index in [4.69, 9.17) is 9.47 Å². The fraction of sp³-hybridized carbons (Fsp3) is 0.385. The van der Waals surface area contributed by atoms with Crippen LogP contribution < -0.4 is 10.3 Å². The summed E-state index contributed by atoms with van der Waals surface area (Å²) in [6.07, 6.45) is 2.21. The zero-order chi connectivity index (χ0) is 24.2. The average molecular weight is 475 g/mol. The van der Waals surface area contributed by atoms with Crippen LogP contribution in [0.5, 0.6) is 5.75 Å². The van der Waals surface area contributed by atoms with Crippen LogP contribution in [-0.4, -0.2) is 56.5 Å². The number of nitrogens with zero attached hydrogens (tertiary/aromatic N) is 5. The second-order valence-electron chi connectivity index (χ2n) is 9.12. The predicted molar refractivity (Wildman–Crippen MR) is 132 cm³/mol. The lowest BCUT2D eigenvalue weighted by Crippen LogP contribution is -2.34. The highest BCUT2D eigenvalue weighted by Gasteiger charge is 2.22. The largest absolute Gasteiger partial charge is 0.497 e. The summed E-state index contributed by atoms with van der Waals surface area (Å²) in [5.74, 6) is 1.55. The van der Waals surface area contributed by atoms with E-state index < -0.39 is 0 Å². The van der Waals surface area contributed by atoms with Crippen molar-refractivity contribution in [2.45, 2.75) is 45.5 Å². The third-order valence-electron chi connectivity index (χ3n) is 6.42. The first-order valence-electron chi connectivity index (χ1n) is 11.9. The number of ether oxygens (including phenoxy) is 2. The first-order valence-corrected chi connectivity index (χ1v) is 11.9. The summed E-state index contributed by atoms with van der Waals surface area (Å²) in [5, 5.41) is 13.5. The van der Waals surface area contributed by atoms with Gasteiger partial charge in [0.05, 0.1) is 26.3 Å².